The number of aromatic nitrogens is 2. The van der Waals surface area contributed by atoms with Crippen molar-refractivity contribution in [3.05, 3.63) is 52.1 Å². The number of ether oxygens (including phenoxy) is 2. The monoisotopic (exact) mass is 580 g/mol. The molecular weight excluding hydrogens is 556 g/mol. The highest BCUT2D eigenvalue weighted by Gasteiger charge is 2.41. The Morgan fingerprint density at radius 1 is 1.12 bits per heavy atom. The van der Waals surface area contributed by atoms with Crippen molar-refractivity contribution in [2.24, 2.45) is 4.99 Å². The van der Waals surface area contributed by atoms with Gasteiger partial charge in [-0.3, -0.25) is 4.79 Å². The summed E-state index contributed by atoms with van der Waals surface area (Å²) >= 11 is 0.756. The lowest BCUT2D eigenvalue weighted by molar-refractivity contribution is -0.138. The van der Waals surface area contributed by atoms with Gasteiger partial charge in [-0.05, 0) is 18.2 Å². The molecule has 212 valence electrons. The molecule has 0 spiro atoms. The molecule has 4 heterocycles. The maximum atomic E-state index is 14.8. The van der Waals surface area contributed by atoms with Gasteiger partial charge in [0.1, 0.15) is 11.4 Å². The minimum atomic E-state index is -4.67. The number of alkyl halides is 3. The van der Waals surface area contributed by atoms with Gasteiger partial charge in [-0.1, -0.05) is 0 Å². The third-order valence-electron chi connectivity index (χ3n) is 6.65. The van der Waals surface area contributed by atoms with Crippen LogP contribution in [0.1, 0.15) is 23.6 Å². The number of aliphatic carboxylic acids is 1. The maximum Gasteiger partial charge on any atom is 0.416 e. The number of piperazine rings is 1. The van der Waals surface area contributed by atoms with Crippen LogP contribution in [0, 0.1) is 5.13 Å². The molecule has 1 unspecified atom stereocenters. The number of carbonyl (C=O) groups is 1. The van der Waals surface area contributed by atoms with Crippen molar-refractivity contribution in [3.8, 4) is 11.6 Å². The van der Waals surface area contributed by atoms with E-state index in [0.29, 0.717) is 38.0 Å². The number of methoxy groups -OCH3 is 2. The van der Waals surface area contributed by atoms with Crippen molar-refractivity contribution in [1.82, 2.24) is 14.9 Å². The lowest BCUT2D eigenvalue weighted by Crippen LogP contribution is -2.55. The number of halogens is 4. The molecule has 1 saturated heterocycles. The smallest absolute Gasteiger partial charge is 0.416 e. The Hall–Kier alpha value is -4.14. The number of aliphatic imine (C=N–C) groups is 1. The van der Waals surface area contributed by atoms with E-state index in [1.54, 1.807) is 17.2 Å². The summed E-state index contributed by atoms with van der Waals surface area (Å²) in [7, 11) is 2.80. The van der Waals surface area contributed by atoms with Gasteiger partial charge in [0.05, 0.1) is 37.9 Å². The third-order valence-corrected chi connectivity index (χ3v) is 7.42. The van der Waals surface area contributed by atoms with Gasteiger partial charge in [0.15, 0.2) is 0 Å². The molecule has 1 N–H and O–H groups in total. The minimum Gasteiger partial charge on any atom is -0.495 e. The fourth-order valence-electron chi connectivity index (χ4n) is 4.74. The van der Waals surface area contributed by atoms with E-state index in [0.717, 1.165) is 23.5 Å². The number of hydrogen-bond donors (Lipinski definition) is 1. The van der Waals surface area contributed by atoms with Crippen LogP contribution in [0.4, 0.5) is 34.9 Å². The van der Waals surface area contributed by atoms with E-state index in [4.69, 9.17) is 9.47 Å². The second-order valence-electron chi connectivity index (χ2n) is 8.97. The van der Waals surface area contributed by atoms with Gasteiger partial charge in [-0.15, -0.1) is 11.3 Å². The number of fused-ring (bicyclic) bond motifs is 1. The van der Waals surface area contributed by atoms with Crippen LogP contribution in [0.2, 0.25) is 0 Å². The number of hydrogen-bond acceptors (Lipinski definition) is 10. The van der Waals surface area contributed by atoms with Crippen molar-refractivity contribution in [2.75, 3.05) is 50.2 Å². The van der Waals surface area contributed by atoms with Crippen molar-refractivity contribution < 1.29 is 36.9 Å². The average Bonchev–Trinajstić information content (AvgIpc) is 3.32. The number of carboxylic acid groups (broad SMARTS) is 1. The SMILES string of the molecule is COc1ccnc(N2CCN(C3=Nc4c(csc4F)C(CC(=O)O)N3c3cc(C(F)(F)F)ccc3OC)CC2)n1. The van der Waals surface area contributed by atoms with Crippen molar-refractivity contribution in [2.45, 2.75) is 18.6 Å². The van der Waals surface area contributed by atoms with E-state index < -0.39 is 35.3 Å². The lowest BCUT2D eigenvalue weighted by atomic mass is 10.00. The number of benzene rings is 1. The van der Waals surface area contributed by atoms with Crippen molar-refractivity contribution >= 4 is 40.6 Å². The normalized spacial score (nSPS) is 17.4. The van der Waals surface area contributed by atoms with Gasteiger partial charge in [0.25, 0.3) is 0 Å². The van der Waals surface area contributed by atoms with E-state index in [1.807, 2.05) is 4.90 Å². The van der Waals surface area contributed by atoms with Crippen LogP contribution in [0.3, 0.4) is 0 Å². The summed E-state index contributed by atoms with van der Waals surface area (Å²) in [5, 5.41) is 10.6. The number of thiophene rings is 1. The van der Waals surface area contributed by atoms with Gasteiger partial charge in [-0.25, -0.2) is 9.98 Å². The summed E-state index contributed by atoms with van der Waals surface area (Å²) in [6.07, 6.45) is -3.62. The molecule has 1 fully saturated rings. The number of nitrogens with zero attached hydrogens (tertiary/aromatic N) is 6. The zero-order chi connectivity index (χ0) is 28.6. The van der Waals surface area contributed by atoms with Gasteiger partial charge in [-0.2, -0.15) is 22.5 Å². The topological polar surface area (TPSA) is 104 Å². The molecule has 2 aliphatic heterocycles. The highest BCUT2D eigenvalue weighted by molar-refractivity contribution is 7.08. The third kappa shape index (κ3) is 5.20. The highest BCUT2D eigenvalue weighted by atomic mass is 32.1. The minimum absolute atomic E-state index is 0.0213. The fraction of sp³-hybridized carbons (Fsp3) is 0.360. The summed E-state index contributed by atoms with van der Waals surface area (Å²) < 4.78 is 66.7. The average molecular weight is 581 g/mol. The molecule has 2 aromatic heterocycles. The standard InChI is InChI=1S/C25H24F4N6O4S/c1-38-18-4-3-14(25(27,28)29)11-17(18)35-16(12-20(36)37)15-13-40-22(26)21(15)32-24(35)34-9-7-33(8-10-34)23-30-6-5-19(31-23)39-2/h3-6,11,13,16H,7-10,12H2,1-2H3,(H,36,37). The highest BCUT2D eigenvalue weighted by Crippen LogP contribution is 2.47. The number of rotatable bonds is 6. The Labute approximate surface area is 230 Å². The Balaban J connectivity index is 1.58. The largest absolute Gasteiger partial charge is 0.495 e. The van der Waals surface area contributed by atoms with Crippen LogP contribution in [-0.2, 0) is 11.0 Å². The van der Waals surface area contributed by atoms with Crippen LogP contribution in [0.25, 0.3) is 0 Å². The van der Waals surface area contributed by atoms with E-state index in [-0.39, 0.29) is 28.6 Å². The van der Waals surface area contributed by atoms with Crippen LogP contribution < -0.4 is 19.3 Å². The molecule has 5 rings (SSSR count). The predicted octanol–water partition coefficient (Wildman–Crippen LogP) is 4.56. The van der Waals surface area contributed by atoms with Crippen LogP contribution in [-0.4, -0.2) is 72.3 Å². The number of anilines is 2. The molecule has 1 atom stereocenters. The summed E-state index contributed by atoms with van der Waals surface area (Å²) in [4.78, 5) is 30.2. The van der Waals surface area contributed by atoms with Crippen LogP contribution in [0.15, 0.2) is 40.8 Å². The first-order valence-corrected chi connectivity index (χ1v) is 13.0. The summed E-state index contributed by atoms with van der Waals surface area (Å²) in [5.74, 6) is -0.168. The first-order chi connectivity index (χ1) is 19.1. The van der Waals surface area contributed by atoms with Crippen molar-refractivity contribution in [1.29, 1.82) is 0 Å². The molecule has 0 amide bonds. The van der Waals surface area contributed by atoms with Gasteiger partial charge < -0.3 is 29.3 Å². The van der Waals surface area contributed by atoms with Crippen LogP contribution in [0.5, 0.6) is 11.6 Å². The van der Waals surface area contributed by atoms with E-state index in [1.165, 1.54) is 30.6 Å². The van der Waals surface area contributed by atoms with E-state index in [9.17, 15) is 27.5 Å². The Morgan fingerprint density at radius 2 is 1.85 bits per heavy atom. The fourth-order valence-corrected chi connectivity index (χ4v) is 5.52. The lowest BCUT2D eigenvalue weighted by Gasteiger charge is -2.44. The molecular formula is C25H24F4N6O4S. The Kier molecular flexibility index (Phi) is 7.40. The second-order valence-corrected chi connectivity index (χ2v) is 9.80. The van der Waals surface area contributed by atoms with Gasteiger partial charge >= 0.3 is 12.1 Å². The maximum absolute atomic E-state index is 14.8. The Morgan fingerprint density at radius 3 is 2.50 bits per heavy atom. The molecule has 15 heteroatoms. The van der Waals surface area contributed by atoms with E-state index in [2.05, 4.69) is 15.0 Å². The molecule has 2 aliphatic rings. The molecule has 3 aromatic rings. The predicted molar refractivity (Wildman–Crippen MR) is 139 cm³/mol. The molecule has 40 heavy (non-hydrogen) atoms. The Bertz CT molecular complexity index is 1440. The van der Waals surface area contributed by atoms with Crippen LogP contribution >= 0.6 is 11.3 Å². The molecule has 1 aromatic carbocycles. The van der Waals surface area contributed by atoms with Gasteiger partial charge in [0, 0.05) is 49.4 Å². The quantitative estimate of drug-likeness (QED) is 0.421. The molecule has 0 radical (unpaired) electrons. The first-order valence-electron chi connectivity index (χ1n) is 12.1. The summed E-state index contributed by atoms with van der Waals surface area (Å²) in [6.45, 7) is 1.45. The van der Waals surface area contributed by atoms with Gasteiger partial charge in [0.2, 0.25) is 22.9 Å². The second kappa shape index (κ2) is 10.8. The van der Waals surface area contributed by atoms with E-state index >= 15 is 0 Å². The first kappa shape index (κ1) is 27.4. The molecule has 0 aliphatic carbocycles. The molecule has 10 nitrogen and oxygen atoms in total. The summed E-state index contributed by atoms with van der Waals surface area (Å²) in [6, 6.07) is 3.54. The summed E-state index contributed by atoms with van der Waals surface area (Å²) in [5.41, 5.74) is -0.722. The molecule has 0 bridgehead atoms. The van der Waals surface area contributed by atoms with Crippen molar-refractivity contribution in [3.63, 3.8) is 0 Å². The zero-order valence-electron chi connectivity index (χ0n) is 21.4. The molecule has 0 saturated carbocycles. The number of guanidine groups is 1. The number of carboxylic acids is 1. The zero-order valence-corrected chi connectivity index (χ0v) is 22.2.